The van der Waals surface area contributed by atoms with Crippen LogP contribution >= 0.6 is 0 Å². The molecule has 3 heteroatoms. The standard InChI is InChI=1S/C17H18O2Te/c18-17(16-9-5-2-6-10-16)11-12-20-14-19-13-15-7-3-1-4-8-15/h1-10H,11-14H2. The molecular weight excluding hydrogens is 364 g/mol. The summed E-state index contributed by atoms with van der Waals surface area (Å²) in [6.45, 7) is 0.679. The van der Waals surface area contributed by atoms with Crippen LogP contribution in [0.1, 0.15) is 22.3 Å². The van der Waals surface area contributed by atoms with Gasteiger partial charge in [0.05, 0.1) is 0 Å². The predicted molar refractivity (Wildman–Crippen MR) is 82.0 cm³/mol. The number of ketones is 1. The van der Waals surface area contributed by atoms with E-state index >= 15 is 0 Å². The molecule has 0 saturated carbocycles. The third kappa shape index (κ3) is 5.46. The Hall–Kier alpha value is -1.14. The molecule has 0 radical (unpaired) electrons. The maximum atomic E-state index is 11.9. The zero-order valence-corrected chi connectivity index (χ0v) is 13.7. The Kier molecular flexibility index (Phi) is 6.80. The number of rotatable bonds is 8. The van der Waals surface area contributed by atoms with Gasteiger partial charge in [0.2, 0.25) is 0 Å². The summed E-state index contributed by atoms with van der Waals surface area (Å²) in [5.41, 5.74) is 2.03. The first-order valence-corrected chi connectivity index (χ1v) is 9.93. The van der Waals surface area contributed by atoms with Crippen molar-refractivity contribution in [3.8, 4) is 0 Å². The normalized spacial score (nSPS) is 10.4. The molecule has 0 bridgehead atoms. The number of carbonyl (C=O) groups is 1. The molecule has 2 rings (SSSR count). The molecule has 0 aromatic heterocycles. The average Bonchev–Trinajstić information content (AvgIpc) is 2.52. The van der Waals surface area contributed by atoms with E-state index in [2.05, 4.69) is 12.1 Å². The van der Waals surface area contributed by atoms with Crippen molar-refractivity contribution in [2.24, 2.45) is 0 Å². The van der Waals surface area contributed by atoms with Gasteiger partial charge >= 0.3 is 130 Å². The Morgan fingerprint density at radius 2 is 1.60 bits per heavy atom. The van der Waals surface area contributed by atoms with Gasteiger partial charge in [-0.25, -0.2) is 0 Å². The minimum atomic E-state index is -0.217. The molecule has 0 amide bonds. The SMILES string of the molecule is O=C(CC[Te]COCc1ccccc1)c1ccccc1. The monoisotopic (exact) mass is 384 g/mol. The van der Waals surface area contributed by atoms with Crippen LogP contribution in [0.3, 0.4) is 0 Å². The van der Waals surface area contributed by atoms with E-state index in [0.717, 1.165) is 14.7 Å². The molecule has 0 aliphatic heterocycles. The second-order valence-electron chi connectivity index (χ2n) is 4.40. The van der Waals surface area contributed by atoms with Gasteiger partial charge in [-0.2, -0.15) is 0 Å². The molecule has 0 aliphatic carbocycles. The number of Topliss-reactive ketones (excluding diaryl/α,β-unsaturated/α-hetero) is 1. The minimum absolute atomic E-state index is 0.217. The van der Waals surface area contributed by atoms with Crippen molar-refractivity contribution in [2.75, 3.05) is 4.65 Å². The first-order valence-electron chi connectivity index (χ1n) is 6.64. The van der Waals surface area contributed by atoms with Crippen LogP contribution in [0, 0.1) is 0 Å². The molecule has 0 aliphatic rings. The number of carbonyl (C=O) groups excluding carboxylic acids is 1. The fourth-order valence-electron chi connectivity index (χ4n) is 1.78. The van der Waals surface area contributed by atoms with Crippen molar-refractivity contribution in [3.05, 3.63) is 71.8 Å². The van der Waals surface area contributed by atoms with Crippen LogP contribution in [-0.4, -0.2) is 31.4 Å². The molecule has 0 atom stereocenters. The van der Waals surface area contributed by atoms with Crippen molar-refractivity contribution in [3.63, 3.8) is 0 Å². The summed E-state index contributed by atoms with van der Waals surface area (Å²) in [6, 6.07) is 19.7. The van der Waals surface area contributed by atoms with Crippen LogP contribution in [0.15, 0.2) is 60.7 Å². The summed E-state index contributed by atoms with van der Waals surface area (Å²) in [6.07, 6.45) is 0.654. The van der Waals surface area contributed by atoms with E-state index in [0.29, 0.717) is 13.0 Å². The van der Waals surface area contributed by atoms with Gasteiger partial charge in [-0.3, -0.25) is 0 Å². The number of ether oxygens (including phenoxy) is 1. The zero-order chi connectivity index (χ0) is 14.0. The Morgan fingerprint density at radius 1 is 0.950 bits per heavy atom. The molecule has 0 saturated heterocycles. The summed E-state index contributed by atoms with van der Waals surface area (Å²) in [4.78, 5) is 11.9. The molecule has 0 unspecified atom stereocenters. The summed E-state index contributed by atoms with van der Waals surface area (Å²) in [5.74, 6) is 0.249. The predicted octanol–water partition coefficient (Wildman–Crippen LogP) is 3.56. The van der Waals surface area contributed by atoms with Gasteiger partial charge in [0.25, 0.3) is 0 Å². The van der Waals surface area contributed by atoms with Gasteiger partial charge in [0, 0.05) is 0 Å². The zero-order valence-electron chi connectivity index (χ0n) is 11.3. The first kappa shape index (κ1) is 15.3. The Bertz CT molecular complexity index is 511. The van der Waals surface area contributed by atoms with Gasteiger partial charge in [-0.15, -0.1) is 0 Å². The Balaban J connectivity index is 1.57. The van der Waals surface area contributed by atoms with E-state index in [4.69, 9.17) is 4.74 Å². The molecule has 2 aromatic carbocycles. The van der Waals surface area contributed by atoms with E-state index < -0.39 is 0 Å². The second kappa shape index (κ2) is 8.92. The molecule has 0 fully saturated rings. The Labute approximate surface area is 130 Å². The molecule has 0 heterocycles. The molecule has 2 aromatic rings. The van der Waals surface area contributed by atoms with Crippen LogP contribution in [0.2, 0.25) is 4.47 Å². The van der Waals surface area contributed by atoms with Crippen molar-refractivity contribution in [1.82, 2.24) is 0 Å². The first-order chi connectivity index (χ1) is 9.86. The molecule has 104 valence electrons. The molecule has 0 N–H and O–H groups in total. The number of hydrogen-bond donors (Lipinski definition) is 0. The van der Waals surface area contributed by atoms with E-state index in [1.807, 2.05) is 48.5 Å². The van der Waals surface area contributed by atoms with Crippen LogP contribution in [0.25, 0.3) is 0 Å². The van der Waals surface area contributed by atoms with Crippen LogP contribution in [-0.2, 0) is 11.3 Å². The maximum absolute atomic E-state index is 11.9. The van der Waals surface area contributed by atoms with Crippen molar-refractivity contribution >= 4 is 26.7 Å². The van der Waals surface area contributed by atoms with Gasteiger partial charge in [-0.1, -0.05) is 0 Å². The van der Waals surface area contributed by atoms with E-state index in [9.17, 15) is 4.79 Å². The number of hydrogen-bond acceptors (Lipinski definition) is 2. The fourth-order valence-corrected chi connectivity index (χ4v) is 3.64. The average molecular weight is 382 g/mol. The Morgan fingerprint density at radius 3 is 2.30 bits per heavy atom. The van der Waals surface area contributed by atoms with Gasteiger partial charge in [0.15, 0.2) is 0 Å². The summed E-state index contributed by atoms with van der Waals surface area (Å²) in [7, 11) is 0. The molecule has 0 spiro atoms. The molecular formula is C17H18O2Te. The molecule has 2 nitrogen and oxygen atoms in total. The van der Waals surface area contributed by atoms with Crippen molar-refractivity contribution < 1.29 is 9.53 Å². The topological polar surface area (TPSA) is 26.3 Å². The van der Waals surface area contributed by atoms with Crippen molar-refractivity contribution in [2.45, 2.75) is 17.5 Å². The van der Waals surface area contributed by atoms with Crippen LogP contribution < -0.4 is 0 Å². The molecule has 20 heavy (non-hydrogen) atoms. The van der Waals surface area contributed by atoms with E-state index in [-0.39, 0.29) is 26.7 Å². The van der Waals surface area contributed by atoms with Gasteiger partial charge in [-0.05, 0) is 0 Å². The van der Waals surface area contributed by atoms with Crippen molar-refractivity contribution in [1.29, 1.82) is 0 Å². The van der Waals surface area contributed by atoms with Crippen LogP contribution in [0.4, 0.5) is 0 Å². The van der Waals surface area contributed by atoms with E-state index in [1.54, 1.807) is 0 Å². The summed E-state index contributed by atoms with van der Waals surface area (Å²) >= 11 is -0.217. The third-order valence-corrected chi connectivity index (χ3v) is 5.21. The van der Waals surface area contributed by atoms with Gasteiger partial charge < -0.3 is 0 Å². The summed E-state index contributed by atoms with van der Waals surface area (Å²) in [5, 5.41) is 0. The second-order valence-corrected chi connectivity index (χ2v) is 7.40. The van der Waals surface area contributed by atoms with Gasteiger partial charge in [0.1, 0.15) is 0 Å². The summed E-state index contributed by atoms with van der Waals surface area (Å²) < 4.78 is 7.50. The fraction of sp³-hybridized carbons (Fsp3) is 0.235. The third-order valence-electron chi connectivity index (χ3n) is 2.85. The quantitative estimate of drug-likeness (QED) is 0.397. The number of benzene rings is 2. The van der Waals surface area contributed by atoms with Crippen LogP contribution in [0.5, 0.6) is 0 Å². The van der Waals surface area contributed by atoms with E-state index in [1.165, 1.54) is 5.56 Å².